The molecule has 4 aromatic rings. The molecule has 6 nitrogen and oxygen atoms in total. The van der Waals surface area contributed by atoms with E-state index in [1.165, 1.54) is 43.2 Å². The van der Waals surface area contributed by atoms with Crippen LogP contribution in [0, 0.1) is 13.8 Å². The van der Waals surface area contributed by atoms with E-state index >= 15 is 0 Å². The normalized spacial score (nSPS) is 15.3. The van der Waals surface area contributed by atoms with Crippen molar-refractivity contribution >= 4 is 21.8 Å². The topological polar surface area (TPSA) is 71.1 Å². The fraction of sp³-hybridized carbons (Fsp3) is 0.400. The van der Waals surface area contributed by atoms with Gasteiger partial charge in [0.2, 0.25) is 0 Å². The predicted octanol–water partition coefficient (Wildman–Crippen LogP) is 6.10. The van der Waals surface area contributed by atoms with Crippen LogP contribution in [0.1, 0.15) is 54.5 Å². The SMILES string of the molecule is Cc1ccc(CN(CCOc2ccnc(CS(=O)c3nc4ccccc4[nH]3)c2C)C2CCCCC2)cc1. The van der Waals surface area contributed by atoms with Gasteiger partial charge in [0.05, 0.1) is 33.3 Å². The number of para-hydroxylation sites is 2. The minimum absolute atomic E-state index is 0.296. The summed E-state index contributed by atoms with van der Waals surface area (Å²) in [5.74, 6) is 1.11. The lowest BCUT2D eigenvalue weighted by Gasteiger charge is -2.34. The highest BCUT2D eigenvalue weighted by molar-refractivity contribution is 7.84. The Labute approximate surface area is 221 Å². The first-order chi connectivity index (χ1) is 18.1. The second-order valence-corrected chi connectivity index (χ2v) is 11.4. The monoisotopic (exact) mass is 516 g/mol. The molecule has 1 aliphatic carbocycles. The van der Waals surface area contributed by atoms with E-state index in [0.29, 0.717) is 23.6 Å². The van der Waals surface area contributed by atoms with Crippen molar-refractivity contribution in [1.82, 2.24) is 19.9 Å². The van der Waals surface area contributed by atoms with Crippen LogP contribution in [-0.4, -0.2) is 43.3 Å². The number of nitrogens with zero attached hydrogens (tertiary/aromatic N) is 3. The Morgan fingerprint density at radius 2 is 1.81 bits per heavy atom. The van der Waals surface area contributed by atoms with Gasteiger partial charge < -0.3 is 9.72 Å². The zero-order chi connectivity index (χ0) is 25.6. The van der Waals surface area contributed by atoms with Crippen molar-refractivity contribution in [2.75, 3.05) is 13.2 Å². The summed E-state index contributed by atoms with van der Waals surface area (Å²) in [7, 11) is -1.32. The second-order valence-electron chi connectivity index (χ2n) is 10.0. The van der Waals surface area contributed by atoms with E-state index in [0.717, 1.165) is 41.1 Å². The molecular formula is C30H36N4O2S. The van der Waals surface area contributed by atoms with Gasteiger partial charge in [-0.05, 0) is 50.5 Å². The van der Waals surface area contributed by atoms with E-state index < -0.39 is 10.8 Å². The number of imidazole rings is 1. The van der Waals surface area contributed by atoms with Crippen molar-refractivity contribution in [3.63, 3.8) is 0 Å². The minimum atomic E-state index is -1.32. The lowest BCUT2D eigenvalue weighted by atomic mass is 9.94. The zero-order valence-corrected chi connectivity index (χ0v) is 22.6. The molecule has 1 atom stereocenters. The molecule has 5 rings (SSSR count). The summed E-state index contributed by atoms with van der Waals surface area (Å²) in [6.45, 7) is 6.57. The van der Waals surface area contributed by atoms with Crippen LogP contribution in [0.4, 0.5) is 0 Å². The fourth-order valence-electron chi connectivity index (χ4n) is 5.13. The van der Waals surface area contributed by atoms with Crippen molar-refractivity contribution in [3.05, 3.63) is 83.2 Å². The Morgan fingerprint density at radius 1 is 1.03 bits per heavy atom. The lowest BCUT2D eigenvalue weighted by Crippen LogP contribution is -2.39. The third-order valence-corrected chi connectivity index (χ3v) is 8.50. The standard InChI is InChI=1S/C30H36N4O2S/c1-22-12-14-24(15-13-22)20-34(25-8-4-3-5-9-25)18-19-36-29-16-17-31-28(23(29)2)21-37(35)30-32-26-10-6-7-11-27(26)33-30/h6-7,10-17,25H,3-5,8-9,18-21H2,1-2H3,(H,32,33). The van der Waals surface area contributed by atoms with E-state index in [9.17, 15) is 4.21 Å². The number of nitrogens with one attached hydrogen (secondary N) is 1. The number of fused-ring (bicyclic) bond motifs is 1. The lowest BCUT2D eigenvalue weighted by molar-refractivity contribution is 0.123. The summed E-state index contributed by atoms with van der Waals surface area (Å²) in [6.07, 6.45) is 8.24. The molecule has 1 aliphatic rings. The molecule has 2 aromatic carbocycles. The molecule has 0 bridgehead atoms. The van der Waals surface area contributed by atoms with E-state index in [4.69, 9.17) is 4.74 Å². The third-order valence-electron chi connectivity index (χ3n) is 7.34. The van der Waals surface area contributed by atoms with Gasteiger partial charge in [0.1, 0.15) is 12.4 Å². The van der Waals surface area contributed by atoms with Gasteiger partial charge in [-0.25, -0.2) is 4.98 Å². The average molecular weight is 517 g/mol. The van der Waals surface area contributed by atoms with Crippen molar-refractivity contribution < 1.29 is 8.95 Å². The Kier molecular flexibility index (Phi) is 8.31. The van der Waals surface area contributed by atoms with Gasteiger partial charge in [-0.1, -0.05) is 61.2 Å². The van der Waals surface area contributed by atoms with Gasteiger partial charge in [0.25, 0.3) is 0 Å². The number of H-pyrrole nitrogens is 1. The third kappa shape index (κ3) is 6.46. The highest BCUT2D eigenvalue weighted by Crippen LogP contribution is 2.26. The van der Waals surface area contributed by atoms with Crippen LogP contribution in [0.2, 0.25) is 0 Å². The zero-order valence-electron chi connectivity index (χ0n) is 21.8. The van der Waals surface area contributed by atoms with Crippen LogP contribution >= 0.6 is 0 Å². The number of aromatic nitrogens is 3. The van der Waals surface area contributed by atoms with Crippen molar-refractivity contribution in [1.29, 1.82) is 0 Å². The molecule has 2 aromatic heterocycles. The summed E-state index contributed by atoms with van der Waals surface area (Å²) in [5.41, 5.74) is 6.07. The number of pyridine rings is 1. The maximum atomic E-state index is 13.1. The molecule has 0 saturated heterocycles. The predicted molar refractivity (Wildman–Crippen MR) is 149 cm³/mol. The quantitative estimate of drug-likeness (QED) is 0.276. The van der Waals surface area contributed by atoms with Gasteiger partial charge in [-0.3, -0.25) is 14.1 Å². The summed E-state index contributed by atoms with van der Waals surface area (Å²) in [6, 6.07) is 19.1. The number of rotatable bonds is 10. The van der Waals surface area contributed by atoms with Crippen LogP contribution in [0.15, 0.2) is 66.0 Å². The molecule has 1 unspecified atom stereocenters. The molecule has 0 radical (unpaired) electrons. The van der Waals surface area contributed by atoms with Crippen molar-refractivity contribution in [3.8, 4) is 5.75 Å². The average Bonchev–Trinajstić information content (AvgIpc) is 3.36. The molecule has 194 valence electrons. The first-order valence-corrected chi connectivity index (χ1v) is 14.6. The number of hydrogen-bond acceptors (Lipinski definition) is 5. The highest BCUT2D eigenvalue weighted by Gasteiger charge is 2.22. The van der Waals surface area contributed by atoms with E-state index in [2.05, 4.69) is 51.0 Å². The summed E-state index contributed by atoms with van der Waals surface area (Å²) >= 11 is 0. The number of aromatic amines is 1. The van der Waals surface area contributed by atoms with E-state index in [1.807, 2.05) is 37.3 Å². The molecule has 37 heavy (non-hydrogen) atoms. The Balaban J connectivity index is 1.23. The minimum Gasteiger partial charge on any atom is -0.492 e. The summed E-state index contributed by atoms with van der Waals surface area (Å²) in [5, 5.41) is 0.480. The van der Waals surface area contributed by atoms with Crippen LogP contribution in [0.3, 0.4) is 0 Å². The summed E-state index contributed by atoms with van der Waals surface area (Å²) in [4.78, 5) is 14.8. The van der Waals surface area contributed by atoms with Gasteiger partial charge in [0, 0.05) is 30.9 Å². The summed E-state index contributed by atoms with van der Waals surface area (Å²) < 4.78 is 19.3. The number of hydrogen-bond donors (Lipinski definition) is 1. The number of ether oxygens (including phenoxy) is 1. The molecule has 0 spiro atoms. The molecule has 7 heteroatoms. The molecular weight excluding hydrogens is 480 g/mol. The Morgan fingerprint density at radius 3 is 2.59 bits per heavy atom. The molecule has 1 saturated carbocycles. The first kappa shape index (κ1) is 25.6. The van der Waals surface area contributed by atoms with Crippen LogP contribution in [-0.2, 0) is 23.1 Å². The van der Waals surface area contributed by atoms with Gasteiger partial charge >= 0.3 is 0 Å². The molecule has 0 amide bonds. The van der Waals surface area contributed by atoms with Gasteiger partial charge in [0.15, 0.2) is 5.16 Å². The van der Waals surface area contributed by atoms with Crippen LogP contribution in [0.25, 0.3) is 11.0 Å². The number of aryl methyl sites for hydroxylation is 1. The Bertz CT molecular complexity index is 1310. The molecule has 2 heterocycles. The maximum Gasteiger partial charge on any atom is 0.197 e. The molecule has 1 fully saturated rings. The molecule has 0 aliphatic heterocycles. The van der Waals surface area contributed by atoms with Crippen molar-refractivity contribution in [2.24, 2.45) is 0 Å². The van der Waals surface area contributed by atoms with Crippen molar-refractivity contribution in [2.45, 2.75) is 69.4 Å². The Hall–Kier alpha value is -3.03. The van der Waals surface area contributed by atoms with E-state index in [-0.39, 0.29) is 0 Å². The largest absolute Gasteiger partial charge is 0.492 e. The van der Waals surface area contributed by atoms with Gasteiger partial charge in [-0.15, -0.1) is 0 Å². The highest BCUT2D eigenvalue weighted by atomic mass is 32.2. The maximum absolute atomic E-state index is 13.1. The van der Waals surface area contributed by atoms with Gasteiger partial charge in [-0.2, -0.15) is 0 Å². The van der Waals surface area contributed by atoms with Crippen LogP contribution < -0.4 is 4.74 Å². The number of benzene rings is 2. The first-order valence-electron chi connectivity index (χ1n) is 13.3. The van der Waals surface area contributed by atoms with E-state index in [1.54, 1.807) is 6.20 Å². The molecule has 1 N–H and O–H groups in total. The van der Waals surface area contributed by atoms with Crippen LogP contribution in [0.5, 0.6) is 5.75 Å². The second kappa shape index (κ2) is 12.0. The fourth-order valence-corrected chi connectivity index (χ4v) is 6.23. The smallest absolute Gasteiger partial charge is 0.197 e.